The molecule has 0 bridgehead atoms. The van der Waals surface area contributed by atoms with E-state index < -0.39 is 6.10 Å². The molecule has 3 heterocycles. The minimum Gasteiger partial charge on any atom is -0.479 e. The number of ether oxygens (including phenoxy) is 1. The highest BCUT2D eigenvalue weighted by Gasteiger charge is 2.24. The van der Waals surface area contributed by atoms with Crippen LogP contribution in [0.2, 0.25) is 5.02 Å². The van der Waals surface area contributed by atoms with E-state index >= 15 is 0 Å². The van der Waals surface area contributed by atoms with Crippen LogP contribution < -0.4 is 4.74 Å². The normalized spacial score (nSPS) is 15.4. The molecule has 1 aliphatic rings. The summed E-state index contributed by atoms with van der Waals surface area (Å²) >= 11 is 6.21. The highest BCUT2D eigenvalue weighted by Crippen LogP contribution is 2.32. The van der Waals surface area contributed by atoms with Gasteiger partial charge in [0.2, 0.25) is 5.89 Å². The van der Waals surface area contributed by atoms with Gasteiger partial charge in [0, 0.05) is 24.7 Å². The van der Waals surface area contributed by atoms with Gasteiger partial charge in [-0.05, 0) is 44.0 Å². The summed E-state index contributed by atoms with van der Waals surface area (Å²) < 4.78 is 11.5. The fourth-order valence-corrected chi connectivity index (χ4v) is 3.32. The predicted octanol–water partition coefficient (Wildman–Crippen LogP) is 4.25. The molecule has 4 rings (SSSR count). The van der Waals surface area contributed by atoms with Gasteiger partial charge in [-0.25, -0.2) is 4.98 Å². The first-order chi connectivity index (χ1) is 12.6. The Morgan fingerprint density at radius 2 is 2.12 bits per heavy atom. The van der Waals surface area contributed by atoms with Crippen LogP contribution in [0.1, 0.15) is 42.2 Å². The molecule has 1 unspecified atom stereocenters. The number of carbonyl (C=O) groups excluding carboxylic acids is 1. The quantitative estimate of drug-likeness (QED) is 0.685. The second-order valence-corrected chi connectivity index (χ2v) is 6.68. The van der Waals surface area contributed by atoms with Crippen LogP contribution in [0.15, 0.2) is 41.1 Å². The lowest BCUT2D eigenvalue weighted by atomic mass is 10.2. The standard InChI is InChI=1S/C19H18ClN3O3/c1-12(18-22-15(11-25-18)19(24)23-9-2-3-10-23)26-16-7-6-14(20)13-5-4-8-21-17(13)16/h4-8,11-12H,2-3,9-10H2,1H3. The average molecular weight is 372 g/mol. The molecule has 26 heavy (non-hydrogen) atoms. The topological polar surface area (TPSA) is 68.5 Å². The van der Waals surface area contributed by atoms with E-state index in [4.69, 9.17) is 20.8 Å². The third kappa shape index (κ3) is 3.12. The zero-order chi connectivity index (χ0) is 18.1. The van der Waals surface area contributed by atoms with Crippen LogP contribution in [0.5, 0.6) is 5.75 Å². The predicted molar refractivity (Wildman–Crippen MR) is 97.4 cm³/mol. The van der Waals surface area contributed by atoms with E-state index in [1.165, 1.54) is 6.26 Å². The number of rotatable bonds is 4. The number of aromatic nitrogens is 2. The number of hydrogen-bond acceptors (Lipinski definition) is 5. The van der Waals surface area contributed by atoms with Gasteiger partial charge in [-0.1, -0.05) is 11.6 Å². The van der Waals surface area contributed by atoms with E-state index in [1.807, 2.05) is 19.1 Å². The van der Waals surface area contributed by atoms with Crippen LogP contribution in [0.4, 0.5) is 0 Å². The Balaban J connectivity index is 1.55. The van der Waals surface area contributed by atoms with Gasteiger partial charge < -0.3 is 14.1 Å². The number of amides is 1. The first-order valence-electron chi connectivity index (χ1n) is 8.58. The lowest BCUT2D eigenvalue weighted by molar-refractivity contribution is 0.0787. The molecule has 1 aliphatic heterocycles. The molecule has 2 aromatic heterocycles. The van der Waals surface area contributed by atoms with Gasteiger partial charge in [-0.2, -0.15) is 0 Å². The van der Waals surface area contributed by atoms with Crippen molar-refractivity contribution in [1.29, 1.82) is 0 Å². The van der Waals surface area contributed by atoms with Crippen molar-refractivity contribution in [3.05, 3.63) is 53.3 Å². The fourth-order valence-electron chi connectivity index (χ4n) is 3.10. The summed E-state index contributed by atoms with van der Waals surface area (Å²) in [5, 5.41) is 1.43. The van der Waals surface area contributed by atoms with Crippen molar-refractivity contribution in [2.45, 2.75) is 25.9 Å². The van der Waals surface area contributed by atoms with E-state index in [1.54, 1.807) is 23.2 Å². The summed E-state index contributed by atoms with van der Waals surface area (Å²) in [6, 6.07) is 7.25. The summed E-state index contributed by atoms with van der Waals surface area (Å²) in [5.41, 5.74) is 0.989. The Kier molecular flexibility index (Phi) is 4.51. The Morgan fingerprint density at radius 1 is 1.31 bits per heavy atom. The zero-order valence-electron chi connectivity index (χ0n) is 14.3. The van der Waals surface area contributed by atoms with E-state index in [-0.39, 0.29) is 5.91 Å². The highest BCUT2D eigenvalue weighted by atomic mass is 35.5. The van der Waals surface area contributed by atoms with Gasteiger partial charge in [0.15, 0.2) is 11.8 Å². The monoisotopic (exact) mass is 371 g/mol. The third-order valence-electron chi connectivity index (χ3n) is 4.47. The van der Waals surface area contributed by atoms with Gasteiger partial charge >= 0.3 is 0 Å². The molecule has 3 aromatic rings. The van der Waals surface area contributed by atoms with Crippen LogP contribution in [0.3, 0.4) is 0 Å². The number of halogens is 1. The zero-order valence-corrected chi connectivity index (χ0v) is 15.1. The first kappa shape index (κ1) is 16.8. The molecule has 0 aliphatic carbocycles. The summed E-state index contributed by atoms with van der Waals surface area (Å²) in [7, 11) is 0. The second-order valence-electron chi connectivity index (χ2n) is 6.28. The van der Waals surface area contributed by atoms with Gasteiger partial charge in [0.05, 0.1) is 5.02 Å². The van der Waals surface area contributed by atoms with E-state index in [0.29, 0.717) is 27.9 Å². The number of carbonyl (C=O) groups is 1. The number of benzene rings is 1. The smallest absolute Gasteiger partial charge is 0.275 e. The van der Waals surface area contributed by atoms with Crippen molar-refractivity contribution in [3.8, 4) is 5.75 Å². The Bertz CT molecular complexity index is 950. The largest absolute Gasteiger partial charge is 0.479 e. The molecule has 7 heteroatoms. The van der Waals surface area contributed by atoms with E-state index in [0.717, 1.165) is 31.3 Å². The van der Waals surface area contributed by atoms with Crippen molar-refractivity contribution in [3.63, 3.8) is 0 Å². The maximum atomic E-state index is 12.4. The SMILES string of the molecule is CC(Oc1ccc(Cl)c2cccnc12)c1nc(C(=O)N2CCCC2)co1. The molecule has 0 saturated carbocycles. The summed E-state index contributed by atoms with van der Waals surface area (Å²) in [6.07, 6.45) is 4.68. The molecule has 1 amide bonds. The first-order valence-corrected chi connectivity index (χ1v) is 8.96. The average Bonchev–Trinajstić information content (AvgIpc) is 3.36. The molecule has 6 nitrogen and oxygen atoms in total. The maximum Gasteiger partial charge on any atom is 0.275 e. The van der Waals surface area contributed by atoms with E-state index in [2.05, 4.69) is 9.97 Å². The number of pyridine rings is 1. The van der Waals surface area contributed by atoms with Gasteiger partial charge in [-0.15, -0.1) is 0 Å². The van der Waals surface area contributed by atoms with Crippen LogP contribution in [-0.2, 0) is 0 Å². The van der Waals surface area contributed by atoms with Gasteiger partial charge in [0.1, 0.15) is 17.5 Å². The van der Waals surface area contributed by atoms with Crippen molar-refractivity contribution < 1.29 is 13.9 Å². The fraction of sp³-hybridized carbons (Fsp3) is 0.316. The van der Waals surface area contributed by atoms with Crippen LogP contribution in [-0.4, -0.2) is 33.9 Å². The third-order valence-corrected chi connectivity index (χ3v) is 4.79. The van der Waals surface area contributed by atoms with Crippen molar-refractivity contribution in [2.75, 3.05) is 13.1 Å². The van der Waals surface area contributed by atoms with E-state index in [9.17, 15) is 4.79 Å². The summed E-state index contributed by atoms with van der Waals surface area (Å²) in [4.78, 5) is 22.9. The number of hydrogen-bond donors (Lipinski definition) is 0. The highest BCUT2D eigenvalue weighted by molar-refractivity contribution is 6.35. The van der Waals surface area contributed by atoms with Gasteiger partial charge in [-0.3, -0.25) is 9.78 Å². The van der Waals surface area contributed by atoms with Gasteiger partial charge in [0.25, 0.3) is 5.91 Å². The summed E-state index contributed by atoms with van der Waals surface area (Å²) in [6.45, 7) is 3.37. The van der Waals surface area contributed by atoms with Crippen LogP contribution >= 0.6 is 11.6 Å². The Hall–Kier alpha value is -2.60. The molecule has 1 fully saturated rings. The number of nitrogens with zero attached hydrogens (tertiary/aromatic N) is 3. The number of likely N-dealkylation sites (tertiary alicyclic amines) is 1. The molecule has 1 aromatic carbocycles. The number of oxazole rings is 1. The molecule has 0 N–H and O–H groups in total. The van der Waals surface area contributed by atoms with Crippen LogP contribution in [0.25, 0.3) is 10.9 Å². The molecular formula is C19H18ClN3O3. The molecular weight excluding hydrogens is 354 g/mol. The summed E-state index contributed by atoms with van der Waals surface area (Å²) in [5.74, 6) is 0.845. The second kappa shape index (κ2) is 6.96. The van der Waals surface area contributed by atoms with Crippen molar-refractivity contribution >= 4 is 28.4 Å². The molecule has 0 spiro atoms. The lowest BCUT2D eigenvalue weighted by Crippen LogP contribution is -2.27. The maximum absolute atomic E-state index is 12.4. The molecule has 0 radical (unpaired) electrons. The minimum absolute atomic E-state index is 0.0942. The minimum atomic E-state index is -0.471. The lowest BCUT2D eigenvalue weighted by Gasteiger charge is -2.14. The van der Waals surface area contributed by atoms with Crippen molar-refractivity contribution in [2.24, 2.45) is 0 Å². The Morgan fingerprint density at radius 3 is 2.92 bits per heavy atom. The number of fused-ring (bicyclic) bond motifs is 1. The Labute approximate surface area is 155 Å². The molecule has 1 atom stereocenters. The molecule has 1 saturated heterocycles. The van der Waals surface area contributed by atoms with Crippen molar-refractivity contribution in [1.82, 2.24) is 14.9 Å². The molecule has 134 valence electrons. The van der Waals surface area contributed by atoms with Crippen LogP contribution in [0, 0.1) is 0 Å².